The fraction of sp³-hybridized carbons (Fsp3) is 0.111. The van der Waals surface area contributed by atoms with Crippen molar-refractivity contribution in [1.29, 1.82) is 0 Å². The van der Waals surface area contributed by atoms with Crippen LogP contribution in [0.4, 0.5) is 5.69 Å². The molecule has 22 heavy (non-hydrogen) atoms. The first-order valence-electron chi connectivity index (χ1n) is 7.10. The average Bonchev–Trinajstić information content (AvgIpc) is 2.55. The van der Waals surface area contributed by atoms with Gasteiger partial charge in [-0.3, -0.25) is 9.59 Å². The van der Waals surface area contributed by atoms with Crippen LogP contribution in [-0.4, -0.2) is 5.91 Å². The van der Waals surface area contributed by atoms with E-state index in [2.05, 4.69) is 12.2 Å². The summed E-state index contributed by atoms with van der Waals surface area (Å²) in [6.07, 6.45) is 0.938. The maximum Gasteiger partial charge on any atom is 0.291 e. The molecule has 1 heterocycles. The molecular formula is C18H15NO3. The second-order valence-corrected chi connectivity index (χ2v) is 4.98. The van der Waals surface area contributed by atoms with E-state index < -0.39 is 5.91 Å². The summed E-state index contributed by atoms with van der Waals surface area (Å²) in [4.78, 5) is 24.2. The predicted molar refractivity (Wildman–Crippen MR) is 86.3 cm³/mol. The predicted octanol–water partition coefficient (Wildman–Crippen LogP) is 3.61. The number of fused-ring (bicyclic) bond motifs is 1. The fourth-order valence-electron chi connectivity index (χ4n) is 2.23. The lowest BCUT2D eigenvalue weighted by Crippen LogP contribution is -2.14. The molecule has 2 aromatic carbocycles. The first-order chi connectivity index (χ1) is 10.7. The number of benzene rings is 2. The lowest BCUT2D eigenvalue weighted by atomic mass is 10.1. The van der Waals surface area contributed by atoms with E-state index in [1.807, 2.05) is 24.3 Å². The Bertz CT molecular complexity index is 879. The molecule has 0 unspecified atom stereocenters. The third kappa shape index (κ3) is 2.76. The molecular weight excluding hydrogens is 278 g/mol. The van der Waals surface area contributed by atoms with Gasteiger partial charge in [-0.25, -0.2) is 0 Å². The molecule has 0 atom stereocenters. The molecule has 0 saturated carbocycles. The summed E-state index contributed by atoms with van der Waals surface area (Å²) in [6, 6.07) is 15.6. The molecule has 0 aliphatic rings. The third-order valence-corrected chi connectivity index (χ3v) is 3.48. The van der Waals surface area contributed by atoms with Crippen molar-refractivity contribution in [2.75, 3.05) is 5.32 Å². The molecule has 110 valence electrons. The van der Waals surface area contributed by atoms with Crippen LogP contribution in [0.1, 0.15) is 23.0 Å². The van der Waals surface area contributed by atoms with E-state index in [0.29, 0.717) is 16.7 Å². The van der Waals surface area contributed by atoms with Gasteiger partial charge in [-0.15, -0.1) is 0 Å². The van der Waals surface area contributed by atoms with Gasteiger partial charge in [-0.05, 0) is 36.2 Å². The van der Waals surface area contributed by atoms with Crippen LogP contribution in [0.3, 0.4) is 0 Å². The van der Waals surface area contributed by atoms with Crippen LogP contribution in [0.2, 0.25) is 0 Å². The van der Waals surface area contributed by atoms with Crippen molar-refractivity contribution >= 4 is 22.6 Å². The van der Waals surface area contributed by atoms with E-state index in [-0.39, 0.29) is 11.2 Å². The highest BCUT2D eigenvalue weighted by Gasteiger charge is 2.12. The van der Waals surface area contributed by atoms with Gasteiger partial charge >= 0.3 is 0 Å². The maximum absolute atomic E-state index is 12.2. The van der Waals surface area contributed by atoms with E-state index >= 15 is 0 Å². The molecule has 0 radical (unpaired) electrons. The Kier molecular flexibility index (Phi) is 3.74. The molecule has 1 amide bonds. The molecule has 0 fully saturated rings. The SMILES string of the molecule is CCc1ccc(NC(=O)c2cc(=O)c3ccccc3o2)cc1. The minimum atomic E-state index is -0.438. The van der Waals surface area contributed by atoms with Gasteiger partial charge in [0.25, 0.3) is 5.91 Å². The highest BCUT2D eigenvalue weighted by Crippen LogP contribution is 2.14. The first kappa shape index (κ1) is 14.1. The zero-order chi connectivity index (χ0) is 15.5. The number of hydrogen-bond acceptors (Lipinski definition) is 3. The first-order valence-corrected chi connectivity index (χ1v) is 7.10. The van der Waals surface area contributed by atoms with Gasteiger partial charge in [0.15, 0.2) is 11.2 Å². The van der Waals surface area contributed by atoms with Gasteiger partial charge in [0.1, 0.15) is 5.58 Å². The number of aryl methyl sites for hydroxylation is 1. The van der Waals surface area contributed by atoms with E-state index in [4.69, 9.17) is 4.42 Å². The molecule has 4 nitrogen and oxygen atoms in total. The summed E-state index contributed by atoms with van der Waals surface area (Å²) in [5, 5.41) is 3.19. The molecule has 0 aliphatic heterocycles. The number of amides is 1. The standard InChI is InChI=1S/C18H15NO3/c1-2-12-7-9-13(10-8-12)19-18(21)17-11-15(20)14-5-3-4-6-16(14)22-17/h3-11H,2H2,1H3,(H,19,21). The van der Waals surface area contributed by atoms with Crippen LogP contribution in [0.15, 0.2) is 63.8 Å². The van der Waals surface area contributed by atoms with Gasteiger partial charge in [0.2, 0.25) is 0 Å². The number of para-hydroxylation sites is 1. The monoisotopic (exact) mass is 293 g/mol. The summed E-state index contributed by atoms with van der Waals surface area (Å²) in [5.41, 5.74) is 2.03. The Balaban J connectivity index is 1.89. The normalized spacial score (nSPS) is 10.6. The third-order valence-electron chi connectivity index (χ3n) is 3.48. The molecule has 3 rings (SSSR count). The lowest BCUT2D eigenvalue weighted by molar-refractivity contribution is 0.0997. The number of hydrogen-bond donors (Lipinski definition) is 1. The Labute approximate surface area is 127 Å². The van der Waals surface area contributed by atoms with Crippen LogP contribution in [-0.2, 0) is 6.42 Å². The second kappa shape index (κ2) is 5.85. The maximum atomic E-state index is 12.2. The summed E-state index contributed by atoms with van der Waals surface area (Å²) in [7, 11) is 0. The number of rotatable bonds is 3. The number of carbonyl (C=O) groups excluding carboxylic acids is 1. The van der Waals surface area contributed by atoms with Crippen molar-refractivity contribution in [3.8, 4) is 0 Å². The molecule has 0 spiro atoms. The summed E-state index contributed by atoms with van der Waals surface area (Å²) in [6.45, 7) is 2.07. The van der Waals surface area contributed by atoms with Crippen molar-refractivity contribution in [3.05, 3.63) is 76.1 Å². The zero-order valence-corrected chi connectivity index (χ0v) is 12.1. The minimum absolute atomic E-state index is 0.00303. The molecule has 1 N–H and O–H groups in total. The van der Waals surface area contributed by atoms with E-state index in [1.165, 1.54) is 11.6 Å². The average molecular weight is 293 g/mol. The van der Waals surface area contributed by atoms with Gasteiger partial charge in [-0.2, -0.15) is 0 Å². The lowest BCUT2D eigenvalue weighted by Gasteiger charge is -2.06. The summed E-state index contributed by atoms with van der Waals surface area (Å²) < 4.78 is 5.51. The minimum Gasteiger partial charge on any atom is -0.451 e. The van der Waals surface area contributed by atoms with E-state index in [9.17, 15) is 9.59 Å². The van der Waals surface area contributed by atoms with E-state index in [0.717, 1.165) is 6.42 Å². The molecule has 0 bridgehead atoms. The summed E-state index contributed by atoms with van der Waals surface area (Å²) in [5.74, 6) is -0.435. The molecule has 3 aromatic rings. The quantitative estimate of drug-likeness (QED) is 0.802. The van der Waals surface area contributed by atoms with Gasteiger partial charge in [0.05, 0.1) is 5.39 Å². The Morgan fingerprint density at radius 1 is 1.09 bits per heavy atom. The number of carbonyl (C=O) groups is 1. The Hall–Kier alpha value is -2.88. The van der Waals surface area contributed by atoms with Crippen LogP contribution in [0.5, 0.6) is 0 Å². The Morgan fingerprint density at radius 3 is 2.55 bits per heavy atom. The van der Waals surface area contributed by atoms with Gasteiger partial charge in [0, 0.05) is 11.8 Å². The van der Waals surface area contributed by atoms with Crippen LogP contribution in [0.25, 0.3) is 11.0 Å². The van der Waals surface area contributed by atoms with Crippen molar-refractivity contribution in [2.24, 2.45) is 0 Å². The zero-order valence-electron chi connectivity index (χ0n) is 12.1. The Morgan fingerprint density at radius 2 is 1.82 bits per heavy atom. The number of nitrogens with one attached hydrogen (secondary N) is 1. The fourth-order valence-corrected chi connectivity index (χ4v) is 2.23. The highest BCUT2D eigenvalue weighted by molar-refractivity contribution is 6.02. The van der Waals surface area contributed by atoms with Crippen LogP contribution in [0, 0.1) is 0 Å². The second-order valence-electron chi connectivity index (χ2n) is 4.98. The molecule has 0 aliphatic carbocycles. The van der Waals surface area contributed by atoms with Gasteiger partial charge < -0.3 is 9.73 Å². The number of anilines is 1. The van der Waals surface area contributed by atoms with Gasteiger partial charge in [-0.1, -0.05) is 31.2 Å². The smallest absolute Gasteiger partial charge is 0.291 e. The largest absolute Gasteiger partial charge is 0.451 e. The summed E-state index contributed by atoms with van der Waals surface area (Å²) >= 11 is 0. The molecule has 1 aromatic heterocycles. The van der Waals surface area contributed by atoms with Crippen molar-refractivity contribution in [1.82, 2.24) is 0 Å². The van der Waals surface area contributed by atoms with Crippen LogP contribution >= 0.6 is 0 Å². The van der Waals surface area contributed by atoms with Crippen molar-refractivity contribution in [2.45, 2.75) is 13.3 Å². The highest BCUT2D eigenvalue weighted by atomic mass is 16.3. The van der Waals surface area contributed by atoms with Crippen molar-refractivity contribution in [3.63, 3.8) is 0 Å². The molecule has 4 heteroatoms. The topological polar surface area (TPSA) is 59.3 Å². The van der Waals surface area contributed by atoms with Crippen molar-refractivity contribution < 1.29 is 9.21 Å². The molecule has 0 saturated heterocycles. The van der Waals surface area contributed by atoms with E-state index in [1.54, 1.807) is 24.3 Å². The van der Waals surface area contributed by atoms with Crippen LogP contribution < -0.4 is 10.7 Å².